The van der Waals surface area contributed by atoms with Crippen LogP contribution in [0.2, 0.25) is 0 Å². The van der Waals surface area contributed by atoms with Gasteiger partial charge in [0.05, 0.1) is 28.6 Å². The van der Waals surface area contributed by atoms with Gasteiger partial charge >= 0.3 is 0 Å². The number of carbonyl (C=O) groups excluding carboxylic acids is 1. The third-order valence-corrected chi connectivity index (χ3v) is 5.31. The number of benzene rings is 1. The number of amides is 1. The highest BCUT2D eigenvalue weighted by Gasteiger charge is 2.20. The van der Waals surface area contributed by atoms with Gasteiger partial charge in [-0.3, -0.25) is 9.59 Å². The molecule has 4 rings (SSSR count). The third-order valence-electron chi connectivity index (χ3n) is 5.31. The summed E-state index contributed by atoms with van der Waals surface area (Å²) in [6.45, 7) is 6.82. The molecule has 1 aliphatic rings. The number of carbonyl (C=O) groups is 1. The SMILES string of the molecule is Cc1ccc(-n2nc3c(=O)n(CC(=O)NC[C@@H]4CCCO4)nc(C)c3c2C)cc1. The largest absolute Gasteiger partial charge is 0.376 e. The lowest BCUT2D eigenvalue weighted by atomic mass is 10.2. The fourth-order valence-corrected chi connectivity index (χ4v) is 3.75. The smallest absolute Gasteiger partial charge is 0.295 e. The van der Waals surface area contributed by atoms with Gasteiger partial charge in [-0.25, -0.2) is 9.36 Å². The monoisotopic (exact) mass is 395 g/mol. The fourth-order valence-electron chi connectivity index (χ4n) is 3.75. The second-order valence-electron chi connectivity index (χ2n) is 7.54. The number of hydrogen-bond donors (Lipinski definition) is 1. The number of ether oxygens (including phenoxy) is 1. The molecule has 0 aliphatic carbocycles. The van der Waals surface area contributed by atoms with Crippen LogP contribution in [0.1, 0.15) is 29.8 Å². The summed E-state index contributed by atoms with van der Waals surface area (Å²) in [6, 6.07) is 7.94. The predicted molar refractivity (Wildman–Crippen MR) is 109 cm³/mol. The van der Waals surface area contributed by atoms with E-state index in [1.165, 1.54) is 4.68 Å². The number of rotatable bonds is 5. The molecule has 1 amide bonds. The van der Waals surface area contributed by atoms with Crippen LogP contribution in [0.3, 0.4) is 0 Å². The lowest BCUT2D eigenvalue weighted by molar-refractivity contribution is -0.122. The summed E-state index contributed by atoms with van der Waals surface area (Å²) in [4.78, 5) is 25.2. The van der Waals surface area contributed by atoms with Crippen molar-refractivity contribution in [3.8, 4) is 5.69 Å². The van der Waals surface area contributed by atoms with Crippen molar-refractivity contribution in [3.05, 3.63) is 51.6 Å². The summed E-state index contributed by atoms with van der Waals surface area (Å²) in [5.74, 6) is -0.261. The number of fused-ring (bicyclic) bond motifs is 1. The minimum absolute atomic E-state index is 0.0562. The normalized spacial score (nSPS) is 16.4. The van der Waals surface area contributed by atoms with E-state index in [1.54, 1.807) is 4.68 Å². The number of nitrogens with one attached hydrogen (secondary N) is 1. The topological polar surface area (TPSA) is 91.0 Å². The highest BCUT2D eigenvalue weighted by molar-refractivity contribution is 5.83. The molecule has 1 N–H and O–H groups in total. The number of aromatic nitrogens is 4. The number of nitrogens with zero attached hydrogens (tertiary/aromatic N) is 4. The first kappa shape index (κ1) is 19.3. The van der Waals surface area contributed by atoms with Gasteiger partial charge in [0.1, 0.15) is 6.54 Å². The second-order valence-corrected chi connectivity index (χ2v) is 7.54. The van der Waals surface area contributed by atoms with Crippen molar-refractivity contribution >= 4 is 16.8 Å². The first-order chi connectivity index (χ1) is 13.9. The Balaban J connectivity index is 1.63. The van der Waals surface area contributed by atoms with Crippen LogP contribution in [-0.4, -0.2) is 44.7 Å². The number of aryl methyl sites for hydroxylation is 3. The van der Waals surface area contributed by atoms with Crippen molar-refractivity contribution in [1.82, 2.24) is 24.9 Å². The average Bonchev–Trinajstić information content (AvgIpc) is 3.33. The van der Waals surface area contributed by atoms with Crippen molar-refractivity contribution in [2.75, 3.05) is 13.2 Å². The van der Waals surface area contributed by atoms with E-state index in [-0.39, 0.29) is 24.1 Å². The summed E-state index contributed by atoms with van der Waals surface area (Å²) in [6.07, 6.45) is 2.01. The van der Waals surface area contributed by atoms with Gasteiger partial charge in [-0.1, -0.05) is 17.7 Å². The Kier molecular flexibility index (Phi) is 5.19. The van der Waals surface area contributed by atoms with Crippen LogP contribution >= 0.6 is 0 Å². The highest BCUT2D eigenvalue weighted by atomic mass is 16.5. The Bertz CT molecular complexity index is 1110. The van der Waals surface area contributed by atoms with E-state index in [2.05, 4.69) is 15.5 Å². The molecule has 29 heavy (non-hydrogen) atoms. The number of hydrogen-bond acceptors (Lipinski definition) is 5. The van der Waals surface area contributed by atoms with Gasteiger partial charge in [0.2, 0.25) is 5.91 Å². The zero-order chi connectivity index (χ0) is 20.5. The lowest BCUT2D eigenvalue weighted by Gasteiger charge is -2.11. The fraction of sp³-hybridized carbons (Fsp3) is 0.429. The molecule has 2 aromatic heterocycles. The average molecular weight is 395 g/mol. The molecule has 0 unspecified atom stereocenters. The van der Waals surface area contributed by atoms with Crippen LogP contribution in [0.5, 0.6) is 0 Å². The molecule has 3 heterocycles. The quantitative estimate of drug-likeness (QED) is 0.711. The molecule has 1 aromatic carbocycles. The van der Waals surface area contributed by atoms with Gasteiger partial charge in [0, 0.05) is 13.2 Å². The summed E-state index contributed by atoms with van der Waals surface area (Å²) in [5, 5.41) is 12.5. The van der Waals surface area contributed by atoms with Gasteiger partial charge in [-0.15, -0.1) is 0 Å². The Morgan fingerprint density at radius 2 is 1.97 bits per heavy atom. The standard InChI is InChI=1S/C21H25N5O3/c1-13-6-8-16(9-7-13)26-15(3)19-14(2)23-25(21(28)20(19)24-26)12-18(27)22-11-17-5-4-10-29-17/h6-9,17H,4-5,10-12H2,1-3H3,(H,22,27)/t17-/m0/s1. The molecular formula is C21H25N5O3. The molecule has 1 atom stereocenters. The van der Waals surface area contributed by atoms with E-state index in [0.717, 1.165) is 41.8 Å². The minimum Gasteiger partial charge on any atom is -0.376 e. The van der Waals surface area contributed by atoms with Crippen molar-refractivity contribution in [1.29, 1.82) is 0 Å². The molecule has 8 nitrogen and oxygen atoms in total. The van der Waals surface area contributed by atoms with Crippen LogP contribution in [-0.2, 0) is 16.1 Å². The highest BCUT2D eigenvalue weighted by Crippen LogP contribution is 2.21. The summed E-state index contributed by atoms with van der Waals surface area (Å²) in [7, 11) is 0. The molecule has 1 saturated heterocycles. The van der Waals surface area contributed by atoms with Crippen molar-refractivity contribution in [2.24, 2.45) is 0 Å². The second kappa shape index (κ2) is 7.79. The van der Waals surface area contributed by atoms with Crippen LogP contribution in [0.4, 0.5) is 0 Å². The third kappa shape index (κ3) is 3.80. The summed E-state index contributed by atoms with van der Waals surface area (Å²) < 4.78 is 8.45. The molecule has 1 aliphatic heterocycles. The van der Waals surface area contributed by atoms with E-state index in [9.17, 15) is 9.59 Å². The maximum absolute atomic E-state index is 12.9. The van der Waals surface area contributed by atoms with Crippen molar-refractivity contribution in [2.45, 2.75) is 46.3 Å². The Labute approximate surface area is 168 Å². The first-order valence-corrected chi connectivity index (χ1v) is 9.86. The van der Waals surface area contributed by atoms with E-state index in [0.29, 0.717) is 17.8 Å². The van der Waals surface area contributed by atoms with Gasteiger partial charge in [0.15, 0.2) is 5.52 Å². The molecule has 0 bridgehead atoms. The molecule has 0 radical (unpaired) electrons. The zero-order valence-corrected chi connectivity index (χ0v) is 16.9. The Morgan fingerprint density at radius 3 is 2.66 bits per heavy atom. The zero-order valence-electron chi connectivity index (χ0n) is 16.9. The molecule has 152 valence electrons. The Hall–Kier alpha value is -3.00. The van der Waals surface area contributed by atoms with Crippen LogP contribution in [0.15, 0.2) is 29.1 Å². The van der Waals surface area contributed by atoms with E-state index >= 15 is 0 Å². The maximum Gasteiger partial charge on any atom is 0.295 e. The molecular weight excluding hydrogens is 370 g/mol. The minimum atomic E-state index is -0.369. The van der Waals surface area contributed by atoms with Crippen molar-refractivity contribution in [3.63, 3.8) is 0 Å². The van der Waals surface area contributed by atoms with E-state index < -0.39 is 0 Å². The van der Waals surface area contributed by atoms with Crippen molar-refractivity contribution < 1.29 is 9.53 Å². The molecule has 0 saturated carbocycles. The van der Waals surface area contributed by atoms with E-state index in [4.69, 9.17) is 4.74 Å². The van der Waals surface area contributed by atoms with Crippen LogP contribution in [0, 0.1) is 20.8 Å². The van der Waals surface area contributed by atoms with Gasteiger partial charge < -0.3 is 10.1 Å². The van der Waals surface area contributed by atoms with Gasteiger partial charge in [0.25, 0.3) is 5.56 Å². The molecule has 3 aromatic rings. The summed E-state index contributed by atoms with van der Waals surface area (Å²) in [5.41, 5.74) is 3.50. The molecule has 8 heteroatoms. The predicted octanol–water partition coefficient (Wildman–Crippen LogP) is 1.80. The summed E-state index contributed by atoms with van der Waals surface area (Å²) >= 11 is 0. The molecule has 1 fully saturated rings. The van der Waals surface area contributed by atoms with Gasteiger partial charge in [-0.2, -0.15) is 10.2 Å². The van der Waals surface area contributed by atoms with Crippen LogP contribution in [0.25, 0.3) is 16.6 Å². The van der Waals surface area contributed by atoms with Gasteiger partial charge in [-0.05, 0) is 45.7 Å². The van der Waals surface area contributed by atoms with E-state index in [1.807, 2.05) is 45.0 Å². The molecule has 0 spiro atoms. The van der Waals surface area contributed by atoms with Crippen LogP contribution < -0.4 is 10.9 Å². The maximum atomic E-state index is 12.9. The first-order valence-electron chi connectivity index (χ1n) is 9.86. The lowest BCUT2D eigenvalue weighted by Crippen LogP contribution is -2.37. The Morgan fingerprint density at radius 1 is 1.21 bits per heavy atom.